The van der Waals surface area contributed by atoms with E-state index < -0.39 is 0 Å². The maximum atomic E-state index is 6.27. The molecular formula is C25H27O2S+. The van der Waals surface area contributed by atoms with Crippen LogP contribution >= 0.6 is 10.5 Å². The van der Waals surface area contributed by atoms with E-state index in [1.165, 1.54) is 47.1 Å². The second-order valence-electron chi connectivity index (χ2n) is 8.97. The van der Waals surface area contributed by atoms with Gasteiger partial charge < -0.3 is 9.47 Å². The highest BCUT2D eigenvalue weighted by atomic mass is 32.2. The van der Waals surface area contributed by atoms with Crippen molar-refractivity contribution in [2.45, 2.75) is 38.2 Å². The molecule has 7 rings (SSSR count). The predicted octanol–water partition coefficient (Wildman–Crippen LogP) is 6.76. The molecule has 4 saturated carbocycles. The normalized spacial score (nSPS) is 31.4. The van der Waals surface area contributed by atoms with Crippen molar-refractivity contribution in [3.05, 3.63) is 60.0 Å². The first-order valence-electron chi connectivity index (χ1n) is 10.7. The molecular weight excluding hydrogens is 364 g/mol. The fraction of sp³-hybridized carbons (Fsp3) is 0.440. The topological polar surface area (TPSA) is 18.5 Å². The zero-order chi connectivity index (χ0) is 18.5. The summed E-state index contributed by atoms with van der Waals surface area (Å²) < 4.78 is 13.6. The van der Waals surface area contributed by atoms with E-state index >= 15 is 0 Å². The van der Waals surface area contributed by atoms with Crippen molar-refractivity contribution in [2.75, 3.05) is 6.79 Å². The Morgan fingerprint density at radius 3 is 2.25 bits per heavy atom. The van der Waals surface area contributed by atoms with Crippen LogP contribution in [0.3, 0.4) is 0 Å². The van der Waals surface area contributed by atoms with E-state index in [9.17, 15) is 0 Å². The Kier molecular flexibility index (Phi) is 4.20. The fourth-order valence-corrected chi connectivity index (χ4v) is 8.13. The molecule has 1 unspecified atom stereocenters. The van der Waals surface area contributed by atoms with Crippen molar-refractivity contribution in [3.8, 4) is 10.6 Å². The smallest absolute Gasteiger partial charge is 0.189 e. The first-order chi connectivity index (χ1) is 13.8. The fourth-order valence-electron chi connectivity index (χ4n) is 6.25. The Hall–Kier alpha value is -1.84. The van der Waals surface area contributed by atoms with E-state index in [1.54, 1.807) is 0 Å². The summed E-state index contributed by atoms with van der Waals surface area (Å²) in [5.41, 5.74) is 0. The standard InChI is InChI=1S/C25H27O2S/c1-2-4-24-19(3-1)9-10-28(24)23-7-5-22(6-8-23)26-16-27-25-20-12-17-11-18(14-20)15-21(25)13-17/h1-10,17-18,20-21,25H,11-16H2/q+1. The van der Waals surface area contributed by atoms with Gasteiger partial charge in [-0.25, -0.2) is 0 Å². The van der Waals surface area contributed by atoms with Gasteiger partial charge in [-0.2, -0.15) is 0 Å². The van der Waals surface area contributed by atoms with E-state index in [-0.39, 0.29) is 10.5 Å². The van der Waals surface area contributed by atoms with Crippen molar-refractivity contribution < 1.29 is 9.47 Å². The summed E-state index contributed by atoms with van der Waals surface area (Å²) in [5.74, 6) is 4.47. The summed E-state index contributed by atoms with van der Waals surface area (Å²) in [6.07, 6.45) is 7.50. The van der Waals surface area contributed by atoms with Gasteiger partial charge in [0.25, 0.3) is 0 Å². The molecule has 28 heavy (non-hydrogen) atoms. The summed E-state index contributed by atoms with van der Waals surface area (Å²) in [4.78, 5) is 1.34. The van der Waals surface area contributed by atoms with Gasteiger partial charge in [0, 0.05) is 34.1 Å². The van der Waals surface area contributed by atoms with Crippen LogP contribution in [0.4, 0.5) is 0 Å². The van der Waals surface area contributed by atoms with Gasteiger partial charge in [-0.3, -0.25) is 0 Å². The zero-order valence-corrected chi connectivity index (χ0v) is 16.9. The van der Waals surface area contributed by atoms with E-state index in [0.717, 1.165) is 29.4 Å². The van der Waals surface area contributed by atoms with Crippen LogP contribution in [-0.2, 0) is 4.74 Å². The molecule has 2 nitrogen and oxygen atoms in total. The van der Waals surface area contributed by atoms with Crippen LogP contribution in [0.2, 0.25) is 0 Å². The van der Waals surface area contributed by atoms with Crippen molar-refractivity contribution in [3.63, 3.8) is 0 Å². The van der Waals surface area contributed by atoms with Crippen LogP contribution in [-0.4, -0.2) is 12.9 Å². The zero-order valence-electron chi connectivity index (χ0n) is 16.1. The lowest BCUT2D eigenvalue weighted by Gasteiger charge is -2.53. The first-order valence-corrected chi connectivity index (χ1v) is 12.0. The van der Waals surface area contributed by atoms with Crippen LogP contribution in [0, 0.1) is 23.7 Å². The van der Waals surface area contributed by atoms with Gasteiger partial charge in [0.2, 0.25) is 0 Å². The Bertz CT molecular complexity index is 946. The number of ether oxygens (including phenoxy) is 2. The Morgan fingerprint density at radius 1 is 0.786 bits per heavy atom. The van der Waals surface area contributed by atoms with Crippen molar-refractivity contribution in [1.82, 2.24) is 0 Å². The second-order valence-corrected chi connectivity index (χ2v) is 10.8. The third-order valence-electron chi connectivity index (χ3n) is 7.24. The molecule has 1 atom stereocenters. The summed E-state index contributed by atoms with van der Waals surface area (Å²) in [6.45, 7) is 0.390. The van der Waals surface area contributed by atoms with Crippen LogP contribution < -0.4 is 4.74 Å². The lowest BCUT2D eigenvalue weighted by molar-refractivity contribution is -0.155. The highest BCUT2D eigenvalue weighted by Crippen LogP contribution is 2.54. The molecule has 1 heterocycles. The molecule has 2 aromatic carbocycles. The number of benzene rings is 2. The SMILES string of the molecule is c1ccc2c(c1)cc[s+]2-c1ccc(OCOC2C3CC4CC(C3)CC2C4)cc1. The minimum Gasteiger partial charge on any atom is -0.468 e. The highest BCUT2D eigenvalue weighted by Gasteiger charge is 2.48. The Balaban J connectivity index is 1.10. The molecule has 3 heteroatoms. The third kappa shape index (κ3) is 2.96. The second kappa shape index (κ2) is 6.89. The van der Waals surface area contributed by atoms with Gasteiger partial charge in [0.15, 0.2) is 16.4 Å². The molecule has 0 N–H and O–H groups in total. The maximum absolute atomic E-state index is 6.27. The monoisotopic (exact) mass is 391 g/mol. The molecule has 0 saturated heterocycles. The molecule has 4 aliphatic carbocycles. The van der Waals surface area contributed by atoms with Crippen LogP contribution in [0.1, 0.15) is 32.1 Å². The van der Waals surface area contributed by atoms with Gasteiger partial charge in [0.05, 0.1) is 6.10 Å². The van der Waals surface area contributed by atoms with E-state index in [2.05, 4.69) is 60.0 Å². The van der Waals surface area contributed by atoms with Crippen LogP contribution in [0.5, 0.6) is 5.75 Å². The summed E-state index contributed by atoms with van der Waals surface area (Å²) in [6, 6.07) is 19.5. The molecule has 0 aliphatic heterocycles. The number of rotatable bonds is 5. The van der Waals surface area contributed by atoms with Gasteiger partial charge in [-0.1, -0.05) is 12.1 Å². The van der Waals surface area contributed by atoms with Gasteiger partial charge in [-0.15, -0.1) is 0 Å². The van der Waals surface area contributed by atoms with Crippen molar-refractivity contribution in [2.24, 2.45) is 23.7 Å². The summed E-state index contributed by atoms with van der Waals surface area (Å²) in [5, 5.41) is 3.66. The molecule has 0 spiro atoms. The third-order valence-corrected chi connectivity index (χ3v) is 9.28. The molecule has 3 aromatic rings. The quantitative estimate of drug-likeness (QED) is 0.353. The average Bonchev–Trinajstić information content (AvgIpc) is 3.14. The number of hydrogen-bond acceptors (Lipinski definition) is 2. The summed E-state index contributed by atoms with van der Waals surface area (Å²) >= 11 is 0. The largest absolute Gasteiger partial charge is 0.468 e. The van der Waals surface area contributed by atoms with E-state index in [0.29, 0.717) is 12.9 Å². The molecule has 4 aliphatic rings. The summed E-state index contributed by atoms with van der Waals surface area (Å²) in [7, 11) is 0.0467. The van der Waals surface area contributed by atoms with Crippen molar-refractivity contribution >= 4 is 20.6 Å². The Morgan fingerprint density at radius 2 is 1.50 bits per heavy atom. The lowest BCUT2D eigenvalue weighted by Crippen LogP contribution is -2.49. The van der Waals surface area contributed by atoms with Gasteiger partial charge in [0.1, 0.15) is 11.1 Å². The average molecular weight is 392 g/mol. The highest BCUT2D eigenvalue weighted by molar-refractivity contribution is 7.43. The molecule has 4 bridgehead atoms. The minimum atomic E-state index is 0.0467. The molecule has 4 fully saturated rings. The number of hydrogen-bond donors (Lipinski definition) is 0. The van der Waals surface area contributed by atoms with Gasteiger partial charge in [-0.05, 0) is 80.0 Å². The molecule has 0 radical (unpaired) electrons. The van der Waals surface area contributed by atoms with Gasteiger partial charge >= 0.3 is 0 Å². The van der Waals surface area contributed by atoms with E-state index in [4.69, 9.17) is 9.47 Å². The Labute approximate surface area is 169 Å². The maximum Gasteiger partial charge on any atom is 0.189 e. The van der Waals surface area contributed by atoms with Crippen molar-refractivity contribution in [1.29, 1.82) is 0 Å². The lowest BCUT2D eigenvalue weighted by atomic mass is 9.55. The van der Waals surface area contributed by atoms with Crippen LogP contribution in [0.15, 0.2) is 60.0 Å². The first kappa shape index (κ1) is 17.1. The molecule has 144 valence electrons. The number of thiophene rings is 1. The predicted molar refractivity (Wildman–Crippen MR) is 115 cm³/mol. The molecule has 0 amide bonds. The van der Waals surface area contributed by atoms with E-state index in [1.807, 2.05) is 0 Å². The minimum absolute atomic E-state index is 0.0467. The number of fused-ring (bicyclic) bond motifs is 1. The van der Waals surface area contributed by atoms with Crippen LogP contribution in [0.25, 0.3) is 15.0 Å². The molecule has 1 aromatic heterocycles.